The Morgan fingerprint density at radius 1 is 0.960 bits per heavy atom. The maximum absolute atomic E-state index is 4.72. The molecule has 4 rings (SSSR count). The quantitative estimate of drug-likeness (QED) is 0.541. The molecule has 2 aromatic heterocycles. The first-order valence-electron chi connectivity index (χ1n) is 8.10. The Morgan fingerprint density at radius 3 is 2.48 bits per heavy atom. The molecular formula is C20H18N4S. The van der Waals surface area contributed by atoms with Gasteiger partial charge in [0.2, 0.25) is 0 Å². The van der Waals surface area contributed by atoms with E-state index in [1.807, 2.05) is 29.1 Å². The Hall–Kier alpha value is -2.92. The largest absolute Gasteiger partial charge is 0.332 e. The van der Waals surface area contributed by atoms with Crippen LogP contribution in [0.25, 0.3) is 16.9 Å². The molecule has 0 bridgehead atoms. The summed E-state index contributed by atoms with van der Waals surface area (Å²) in [5.41, 5.74) is 6.42. The van der Waals surface area contributed by atoms with E-state index in [1.165, 1.54) is 5.56 Å². The Bertz CT molecular complexity index is 984. The van der Waals surface area contributed by atoms with Crippen molar-refractivity contribution in [2.45, 2.75) is 13.8 Å². The van der Waals surface area contributed by atoms with Crippen molar-refractivity contribution < 1.29 is 0 Å². The van der Waals surface area contributed by atoms with E-state index in [2.05, 4.69) is 66.0 Å². The maximum Gasteiger partial charge on any atom is 0.187 e. The number of anilines is 2. The molecule has 1 N–H and O–H groups in total. The van der Waals surface area contributed by atoms with Crippen molar-refractivity contribution >= 4 is 22.2 Å². The summed E-state index contributed by atoms with van der Waals surface area (Å²) in [6, 6.07) is 18.4. The second-order valence-corrected chi connectivity index (χ2v) is 6.78. The Morgan fingerprint density at radius 2 is 1.72 bits per heavy atom. The van der Waals surface area contributed by atoms with Crippen LogP contribution in [0, 0.1) is 13.8 Å². The molecule has 0 aliphatic rings. The van der Waals surface area contributed by atoms with Crippen LogP contribution in [-0.2, 0) is 0 Å². The number of aryl methyl sites for hydroxylation is 1. The van der Waals surface area contributed by atoms with Gasteiger partial charge in [0, 0.05) is 16.6 Å². The summed E-state index contributed by atoms with van der Waals surface area (Å²) in [5.74, 6) is 0. The van der Waals surface area contributed by atoms with Gasteiger partial charge in [-0.25, -0.2) is 9.67 Å². The summed E-state index contributed by atoms with van der Waals surface area (Å²) in [4.78, 5) is 4.72. The highest BCUT2D eigenvalue weighted by molar-refractivity contribution is 7.14. The summed E-state index contributed by atoms with van der Waals surface area (Å²) in [7, 11) is 0. The lowest BCUT2D eigenvalue weighted by molar-refractivity contribution is 0.847. The Kier molecular flexibility index (Phi) is 4.07. The topological polar surface area (TPSA) is 42.7 Å². The predicted molar refractivity (Wildman–Crippen MR) is 104 cm³/mol. The summed E-state index contributed by atoms with van der Waals surface area (Å²) in [6.07, 6.45) is 1.88. The van der Waals surface area contributed by atoms with Crippen molar-refractivity contribution in [3.8, 4) is 16.9 Å². The van der Waals surface area contributed by atoms with Crippen LogP contribution >= 0.6 is 11.3 Å². The number of para-hydroxylation sites is 1. The lowest BCUT2D eigenvalue weighted by Crippen LogP contribution is -1.98. The van der Waals surface area contributed by atoms with Crippen molar-refractivity contribution in [2.24, 2.45) is 0 Å². The van der Waals surface area contributed by atoms with E-state index in [4.69, 9.17) is 4.98 Å². The number of thiazole rings is 1. The van der Waals surface area contributed by atoms with Gasteiger partial charge in [-0.1, -0.05) is 35.9 Å². The van der Waals surface area contributed by atoms with E-state index in [0.29, 0.717) is 0 Å². The first kappa shape index (κ1) is 15.6. The van der Waals surface area contributed by atoms with E-state index in [1.54, 1.807) is 11.3 Å². The lowest BCUT2D eigenvalue weighted by Gasteiger charge is -2.04. The Balaban J connectivity index is 1.60. The third-order valence-corrected chi connectivity index (χ3v) is 4.85. The summed E-state index contributed by atoms with van der Waals surface area (Å²) in [6.45, 7) is 4.15. The number of benzene rings is 2. The van der Waals surface area contributed by atoms with Crippen LogP contribution in [0.15, 0.2) is 66.2 Å². The Labute approximate surface area is 150 Å². The van der Waals surface area contributed by atoms with Crippen LogP contribution in [0.3, 0.4) is 0 Å². The van der Waals surface area contributed by atoms with Gasteiger partial charge in [-0.3, -0.25) is 0 Å². The predicted octanol–water partition coefficient (Wildman–Crippen LogP) is 5.36. The summed E-state index contributed by atoms with van der Waals surface area (Å²) < 4.78 is 1.95. The van der Waals surface area contributed by atoms with Gasteiger partial charge in [-0.15, -0.1) is 11.3 Å². The van der Waals surface area contributed by atoms with Gasteiger partial charge >= 0.3 is 0 Å². The molecule has 0 radical (unpaired) electrons. The lowest BCUT2D eigenvalue weighted by atomic mass is 10.2. The fraction of sp³-hybridized carbons (Fsp3) is 0.100. The molecule has 0 saturated carbocycles. The summed E-state index contributed by atoms with van der Waals surface area (Å²) in [5, 5.41) is 10.8. The van der Waals surface area contributed by atoms with Gasteiger partial charge in [-0.05, 0) is 38.1 Å². The number of hydrogen-bond donors (Lipinski definition) is 1. The van der Waals surface area contributed by atoms with Crippen LogP contribution < -0.4 is 5.32 Å². The summed E-state index contributed by atoms with van der Waals surface area (Å²) >= 11 is 1.60. The van der Waals surface area contributed by atoms with Crippen molar-refractivity contribution in [1.82, 2.24) is 14.8 Å². The van der Waals surface area contributed by atoms with E-state index >= 15 is 0 Å². The average molecular weight is 346 g/mol. The molecule has 0 aliphatic carbocycles. The van der Waals surface area contributed by atoms with Gasteiger partial charge in [0.1, 0.15) is 0 Å². The molecule has 4 aromatic rings. The molecular weight excluding hydrogens is 328 g/mol. The molecule has 0 aliphatic heterocycles. The molecule has 0 amide bonds. The molecule has 25 heavy (non-hydrogen) atoms. The molecule has 0 fully saturated rings. The van der Waals surface area contributed by atoms with Crippen LogP contribution in [0.2, 0.25) is 0 Å². The fourth-order valence-electron chi connectivity index (χ4n) is 2.71. The maximum atomic E-state index is 4.72. The molecule has 4 nitrogen and oxygen atoms in total. The van der Waals surface area contributed by atoms with Crippen molar-refractivity contribution in [2.75, 3.05) is 5.32 Å². The highest BCUT2D eigenvalue weighted by atomic mass is 32.1. The average Bonchev–Trinajstić information content (AvgIpc) is 3.24. The van der Waals surface area contributed by atoms with E-state index in [0.717, 1.165) is 33.5 Å². The SMILES string of the molecule is Cc1ccc(Nc2nc(-c3cnn(-c4ccccc4)c3C)cs2)cc1. The minimum absolute atomic E-state index is 0.880. The normalized spacial score (nSPS) is 10.8. The number of nitrogens with one attached hydrogen (secondary N) is 1. The van der Waals surface area contributed by atoms with E-state index < -0.39 is 0 Å². The van der Waals surface area contributed by atoms with Crippen LogP contribution in [0.5, 0.6) is 0 Å². The molecule has 0 atom stereocenters. The smallest absolute Gasteiger partial charge is 0.187 e. The molecule has 0 spiro atoms. The second kappa shape index (κ2) is 6.53. The van der Waals surface area contributed by atoms with Gasteiger partial charge in [0.25, 0.3) is 0 Å². The van der Waals surface area contributed by atoms with Crippen molar-refractivity contribution in [3.05, 3.63) is 77.4 Å². The van der Waals surface area contributed by atoms with Crippen molar-refractivity contribution in [1.29, 1.82) is 0 Å². The van der Waals surface area contributed by atoms with E-state index in [-0.39, 0.29) is 0 Å². The molecule has 124 valence electrons. The number of hydrogen-bond acceptors (Lipinski definition) is 4. The van der Waals surface area contributed by atoms with Gasteiger partial charge in [-0.2, -0.15) is 5.10 Å². The first-order valence-corrected chi connectivity index (χ1v) is 8.98. The molecule has 0 saturated heterocycles. The highest BCUT2D eigenvalue weighted by Crippen LogP contribution is 2.29. The van der Waals surface area contributed by atoms with Gasteiger partial charge < -0.3 is 5.32 Å². The number of rotatable bonds is 4. The fourth-order valence-corrected chi connectivity index (χ4v) is 3.44. The van der Waals surface area contributed by atoms with Crippen LogP contribution in [0.4, 0.5) is 10.8 Å². The van der Waals surface area contributed by atoms with Crippen molar-refractivity contribution in [3.63, 3.8) is 0 Å². The zero-order valence-electron chi connectivity index (χ0n) is 14.1. The number of nitrogens with zero attached hydrogens (tertiary/aromatic N) is 3. The minimum Gasteiger partial charge on any atom is -0.332 e. The number of aromatic nitrogens is 3. The van der Waals surface area contributed by atoms with Crippen LogP contribution in [-0.4, -0.2) is 14.8 Å². The zero-order valence-corrected chi connectivity index (χ0v) is 14.9. The third kappa shape index (κ3) is 3.19. The van der Waals surface area contributed by atoms with Gasteiger partial charge in [0.05, 0.1) is 23.3 Å². The highest BCUT2D eigenvalue weighted by Gasteiger charge is 2.13. The van der Waals surface area contributed by atoms with Crippen LogP contribution in [0.1, 0.15) is 11.3 Å². The zero-order chi connectivity index (χ0) is 17.2. The molecule has 5 heteroatoms. The minimum atomic E-state index is 0.880. The van der Waals surface area contributed by atoms with Gasteiger partial charge in [0.15, 0.2) is 5.13 Å². The van der Waals surface area contributed by atoms with E-state index in [9.17, 15) is 0 Å². The monoisotopic (exact) mass is 346 g/mol. The third-order valence-electron chi connectivity index (χ3n) is 4.09. The second-order valence-electron chi connectivity index (χ2n) is 5.92. The molecule has 0 unspecified atom stereocenters. The first-order chi connectivity index (χ1) is 12.2. The molecule has 2 heterocycles. The molecule has 2 aromatic carbocycles. The standard InChI is InChI=1S/C20H18N4S/c1-14-8-10-16(11-9-14)22-20-23-19(13-25-20)18-12-21-24(15(18)2)17-6-4-3-5-7-17/h3-13H,1-2H3,(H,22,23).